The Morgan fingerprint density at radius 2 is 1.47 bits per heavy atom. The van der Waals surface area contributed by atoms with Crippen molar-refractivity contribution >= 4 is 0 Å². The standard InChI is InChI=1S/C14H11F4N/c1-7-5-6-9(13(18)11(7)16)14(19)8-3-2-4-10(15)12(8)17/h2-6,14H,19H2,1H3. The summed E-state index contributed by atoms with van der Waals surface area (Å²) < 4.78 is 53.9. The largest absolute Gasteiger partial charge is 0.320 e. The highest BCUT2D eigenvalue weighted by Gasteiger charge is 2.21. The smallest absolute Gasteiger partial charge is 0.164 e. The van der Waals surface area contributed by atoms with E-state index in [1.807, 2.05) is 0 Å². The third kappa shape index (κ3) is 2.33. The molecule has 2 aromatic carbocycles. The molecule has 19 heavy (non-hydrogen) atoms. The molecule has 5 heteroatoms. The molecule has 2 N–H and O–H groups in total. The van der Waals surface area contributed by atoms with Crippen LogP contribution < -0.4 is 5.73 Å². The monoisotopic (exact) mass is 269 g/mol. The highest BCUT2D eigenvalue weighted by molar-refractivity contribution is 5.35. The third-order valence-electron chi connectivity index (χ3n) is 2.96. The second-order valence-electron chi connectivity index (χ2n) is 4.22. The van der Waals surface area contributed by atoms with Crippen molar-refractivity contribution in [1.82, 2.24) is 0 Å². The number of aryl methyl sites for hydroxylation is 1. The zero-order chi connectivity index (χ0) is 14.2. The molecule has 0 radical (unpaired) electrons. The Bertz CT molecular complexity index is 625. The molecule has 0 aliphatic carbocycles. The molecule has 0 fully saturated rings. The van der Waals surface area contributed by atoms with Crippen LogP contribution in [0.1, 0.15) is 22.7 Å². The van der Waals surface area contributed by atoms with E-state index in [9.17, 15) is 17.6 Å². The van der Waals surface area contributed by atoms with Crippen LogP contribution in [0.4, 0.5) is 17.6 Å². The molecule has 1 atom stereocenters. The van der Waals surface area contributed by atoms with Crippen molar-refractivity contribution in [2.24, 2.45) is 5.73 Å². The van der Waals surface area contributed by atoms with E-state index < -0.39 is 29.3 Å². The second-order valence-corrected chi connectivity index (χ2v) is 4.22. The molecule has 0 bridgehead atoms. The third-order valence-corrected chi connectivity index (χ3v) is 2.96. The van der Waals surface area contributed by atoms with E-state index in [0.717, 1.165) is 6.07 Å². The number of rotatable bonds is 2. The zero-order valence-corrected chi connectivity index (χ0v) is 10.1. The van der Waals surface area contributed by atoms with Gasteiger partial charge in [0, 0.05) is 11.1 Å². The fourth-order valence-corrected chi connectivity index (χ4v) is 1.83. The summed E-state index contributed by atoms with van der Waals surface area (Å²) in [4.78, 5) is 0. The van der Waals surface area contributed by atoms with Gasteiger partial charge in [-0.1, -0.05) is 24.3 Å². The number of hydrogen-bond acceptors (Lipinski definition) is 1. The normalized spacial score (nSPS) is 12.5. The number of benzene rings is 2. The van der Waals surface area contributed by atoms with E-state index in [4.69, 9.17) is 5.73 Å². The van der Waals surface area contributed by atoms with E-state index >= 15 is 0 Å². The fraction of sp³-hybridized carbons (Fsp3) is 0.143. The Kier molecular flexibility index (Phi) is 3.57. The SMILES string of the molecule is Cc1ccc(C(N)c2cccc(F)c2F)c(F)c1F. The van der Waals surface area contributed by atoms with Gasteiger partial charge in [0.25, 0.3) is 0 Å². The summed E-state index contributed by atoms with van der Waals surface area (Å²) in [6.07, 6.45) is 0. The van der Waals surface area contributed by atoms with Crippen LogP contribution in [0.3, 0.4) is 0 Å². The topological polar surface area (TPSA) is 26.0 Å². The van der Waals surface area contributed by atoms with Gasteiger partial charge in [-0.05, 0) is 18.6 Å². The Hall–Kier alpha value is -1.88. The molecule has 0 spiro atoms. The molecule has 0 saturated carbocycles. The molecule has 0 heterocycles. The Balaban J connectivity index is 2.53. The molecule has 1 nitrogen and oxygen atoms in total. The van der Waals surface area contributed by atoms with Gasteiger partial charge < -0.3 is 5.73 Å². The van der Waals surface area contributed by atoms with Crippen molar-refractivity contribution < 1.29 is 17.6 Å². The lowest BCUT2D eigenvalue weighted by molar-refractivity contribution is 0.477. The van der Waals surface area contributed by atoms with Crippen LogP contribution in [0, 0.1) is 30.2 Å². The van der Waals surface area contributed by atoms with Gasteiger partial charge in [0.05, 0.1) is 6.04 Å². The van der Waals surface area contributed by atoms with Crippen molar-refractivity contribution in [3.05, 3.63) is 70.3 Å². The van der Waals surface area contributed by atoms with E-state index in [-0.39, 0.29) is 16.7 Å². The van der Waals surface area contributed by atoms with Crippen molar-refractivity contribution in [3.63, 3.8) is 0 Å². The first kappa shape index (κ1) is 13.5. The Morgan fingerprint density at radius 1 is 0.842 bits per heavy atom. The van der Waals surface area contributed by atoms with Crippen LogP contribution in [-0.2, 0) is 0 Å². The average Bonchev–Trinajstić information content (AvgIpc) is 2.39. The van der Waals surface area contributed by atoms with Gasteiger partial charge in [0.1, 0.15) is 0 Å². The lowest BCUT2D eigenvalue weighted by atomic mass is 9.97. The number of nitrogens with two attached hydrogens (primary N) is 1. The van der Waals surface area contributed by atoms with Crippen molar-refractivity contribution in [3.8, 4) is 0 Å². The van der Waals surface area contributed by atoms with Crippen LogP contribution in [0.5, 0.6) is 0 Å². The van der Waals surface area contributed by atoms with Crippen LogP contribution in [0.25, 0.3) is 0 Å². The van der Waals surface area contributed by atoms with Crippen LogP contribution >= 0.6 is 0 Å². The maximum Gasteiger partial charge on any atom is 0.164 e. The summed E-state index contributed by atoms with van der Waals surface area (Å²) in [5.41, 5.74) is 5.38. The highest BCUT2D eigenvalue weighted by Crippen LogP contribution is 2.27. The Labute approximate surface area is 107 Å². The van der Waals surface area contributed by atoms with Crippen molar-refractivity contribution in [2.45, 2.75) is 13.0 Å². The summed E-state index contributed by atoms with van der Waals surface area (Å²) in [7, 11) is 0. The number of hydrogen-bond donors (Lipinski definition) is 1. The minimum atomic E-state index is -1.27. The highest BCUT2D eigenvalue weighted by atomic mass is 19.2. The average molecular weight is 269 g/mol. The van der Waals surface area contributed by atoms with Gasteiger partial charge in [0.15, 0.2) is 23.3 Å². The van der Waals surface area contributed by atoms with Crippen LogP contribution in [0.2, 0.25) is 0 Å². The van der Waals surface area contributed by atoms with Crippen molar-refractivity contribution in [1.29, 1.82) is 0 Å². The van der Waals surface area contributed by atoms with Gasteiger partial charge in [-0.15, -0.1) is 0 Å². The molecular weight excluding hydrogens is 258 g/mol. The van der Waals surface area contributed by atoms with Gasteiger partial charge in [0.2, 0.25) is 0 Å². The summed E-state index contributed by atoms with van der Waals surface area (Å²) >= 11 is 0. The molecular formula is C14H11F4N. The summed E-state index contributed by atoms with van der Waals surface area (Å²) in [5, 5.41) is 0. The lowest BCUT2D eigenvalue weighted by Gasteiger charge is -2.15. The first-order valence-corrected chi connectivity index (χ1v) is 5.57. The molecule has 100 valence electrons. The van der Waals surface area contributed by atoms with Gasteiger partial charge in [-0.2, -0.15) is 0 Å². The molecule has 0 saturated heterocycles. The minimum Gasteiger partial charge on any atom is -0.320 e. The molecule has 1 unspecified atom stereocenters. The van der Waals surface area contributed by atoms with Crippen LogP contribution in [-0.4, -0.2) is 0 Å². The van der Waals surface area contributed by atoms with Crippen molar-refractivity contribution in [2.75, 3.05) is 0 Å². The maximum absolute atomic E-state index is 13.8. The lowest BCUT2D eigenvalue weighted by Crippen LogP contribution is -2.17. The zero-order valence-electron chi connectivity index (χ0n) is 10.1. The Morgan fingerprint density at radius 3 is 2.16 bits per heavy atom. The summed E-state index contributed by atoms with van der Waals surface area (Å²) in [5.74, 6) is -4.42. The van der Waals surface area contributed by atoms with Gasteiger partial charge >= 0.3 is 0 Å². The van der Waals surface area contributed by atoms with E-state index in [2.05, 4.69) is 0 Å². The molecule has 0 aliphatic heterocycles. The molecule has 2 rings (SSSR count). The quantitative estimate of drug-likeness (QED) is 0.828. The first-order chi connectivity index (χ1) is 8.93. The fourth-order valence-electron chi connectivity index (χ4n) is 1.83. The summed E-state index contributed by atoms with van der Waals surface area (Å²) in [6, 6.07) is 4.76. The first-order valence-electron chi connectivity index (χ1n) is 5.57. The second kappa shape index (κ2) is 5.01. The molecule has 2 aromatic rings. The van der Waals surface area contributed by atoms with Gasteiger partial charge in [-0.25, -0.2) is 17.6 Å². The van der Waals surface area contributed by atoms with E-state index in [1.165, 1.54) is 31.2 Å². The molecule has 0 amide bonds. The van der Waals surface area contributed by atoms with E-state index in [1.54, 1.807) is 0 Å². The minimum absolute atomic E-state index is 0.119. The maximum atomic E-state index is 13.8. The predicted octanol–water partition coefficient (Wildman–Crippen LogP) is 3.60. The molecule has 0 aromatic heterocycles. The van der Waals surface area contributed by atoms with Crippen LogP contribution in [0.15, 0.2) is 30.3 Å². The van der Waals surface area contributed by atoms with E-state index in [0.29, 0.717) is 0 Å². The number of halogens is 4. The molecule has 0 aliphatic rings. The van der Waals surface area contributed by atoms with Gasteiger partial charge in [-0.3, -0.25) is 0 Å². The predicted molar refractivity (Wildman–Crippen MR) is 63.5 cm³/mol. The summed E-state index contributed by atoms with van der Waals surface area (Å²) in [6.45, 7) is 1.40.